The van der Waals surface area contributed by atoms with Crippen LogP contribution in [0, 0.1) is 11.8 Å². The molecule has 1 aliphatic carbocycles. The summed E-state index contributed by atoms with van der Waals surface area (Å²) in [7, 11) is 1.77. The Morgan fingerprint density at radius 3 is 2.90 bits per heavy atom. The Hall–Kier alpha value is -3.00. The average molecular weight is 425 g/mol. The molecule has 5 rings (SSSR count). The summed E-state index contributed by atoms with van der Waals surface area (Å²) in [6, 6.07) is 7.99. The van der Waals surface area contributed by atoms with E-state index < -0.39 is 0 Å². The molecular formula is C21H21ClN6O2. The summed E-state index contributed by atoms with van der Waals surface area (Å²) < 4.78 is 8.57. The third kappa shape index (κ3) is 3.41. The van der Waals surface area contributed by atoms with E-state index in [0.29, 0.717) is 28.9 Å². The Balaban J connectivity index is 1.27. The molecule has 30 heavy (non-hydrogen) atoms. The van der Waals surface area contributed by atoms with E-state index in [1.165, 1.54) is 16.5 Å². The van der Waals surface area contributed by atoms with E-state index in [2.05, 4.69) is 33.1 Å². The van der Waals surface area contributed by atoms with Gasteiger partial charge < -0.3 is 9.09 Å². The fraction of sp³-hybridized carbons (Fsp3) is 0.381. The van der Waals surface area contributed by atoms with Gasteiger partial charge >= 0.3 is 0 Å². The van der Waals surface area contributed by atoms with Crippen LogP contribution in [0.4, 0.5) is 0 Å². The fourth-order valence-electron chi connectivity index (χ4n) is 4.24. The molecule has 8 nitrogen and oxygen atoms in total. The molecule has 0 N–H and O–H groups in total. The summed E-state index contributed by atoms with van der Waals surface area (Å²) in [5.74, 6) is 2.44. The van der Waals surface area contributed by atoms with Gasteiger partial charge in [0.25, 0.3) is 5.56 Å². The summed E-state index contributed by atoms with van der Waals surface area (Å²) >= 11 is 6.08. The van der Waals surface area contributed by atoms with E-state index in [-0.39, 0.29) is 18.0 Å². The molecule has 1 saturated carbocycles. The van der Waals surface area contributed by atoms with Crippen molar-refractivity contribution in [3.8, 4) is 0 Å². The van der Waals surface area contributed by atoms with Crippen LogP contribution < -0.4 is 5.56 Å². The number of halogens is 1. The van der Waals surface area contributed by atoms with Crippen LogP contribution in [0.5, 0.6) is 0 Å². The highest BCUT2D eigenvalue weighted by molar-refractivity contribution is 6.30. The highest BCUT2D eigenvalue weighted by Crippen LogP contribution is 2.54. The lowest BCUT2D eigenvalue weighted by atomic mass is 10.1. The first-order valence-corrected chi connectivity index (χ1v) is 10.3. The van der Waals surface area contributed by atoms with Crippen LogP contribution in [0.2, 0.25) is 5.02 Å². The minimum absolute atomic E-state index is 0.182. The van der Waals surface area contributed by atoms with Crippen molar-refractivity contribution >= 4 is 22.8 Å². The first-order chi connectivity index (χ1) is 14.5. The van der Waals surface area contributed by atoms with Crippen LogP contribution in [0.1, 0.15) is 36.5 Å². The van der Waals surface area contributed by atoms with Crippen LogP contribution in [-0.4, -0.2) is 29.2 Å². The number of aryl methyl sites for hydroxylation is 2. The minimum atomic E-state index is -0.182. The molecule has 3 heterocycles. The van der Waals surface area contributed by atoms with Crippen molar-refractivity contribution < 1.29 is 4.52 Å². The van der Waals surface area contributed by atoms with Gasteiger partial charge in [-0.1, -0.05) is 35.8 Å². The standard InChI is InChI=1S/C21H21ClN6O2/c1-12-15(7-6-13-4-3-5-14(22)8-13)17(12)19-25-16(30-26-19)9-28-11-24-20-18(21(28)29)27(2)10-23-20/h3-5,8,10-12,15,17H,6-7,9H2,1-2H3. The van der Waals surface area contributed by atoms with E-state index in [1.54, 1.807) is 17.9 Å². The lowest BCUT2D eigenvalue weighted by Crippen LogP contribution is -2.22. The van der Waals surface area contributed by atoms with Crippen LogP contribution in [0.25, 0.3) is 11.2 Å². The van der Waals surface area contributed by atoms with Gasteiger partial charge in [-0.15, -0.1) is 0 Å². The lowest BCUT2D eigenvalue weighted by Gasteiger charge is -2.01. The molecule has 1 aliphatic rings. The van der Waals surface area contributed by atoms with Gasteiger partial charge in [0, 0.05) is 18.0 Å². The molecule has 0 radical (unpaired) electrons. The SMILES string of the molecule is CC1C(CCc2cccc(Cl)c2)C1c1noc(Cn2cnc3ncn(C)c3c2=O)n1. The van der Waals surface area contributed by atoms with Crippen molar-refractivity contribution in [2.75, 3.05) is 0 Å². The topological polar surface area (TPSA) is 91.6 Å². The maximum Gasteiger partial charge on any atom is 0.280 e. The predicted octanol–water partition coefficient (Wildman–Crippen LogP) is 3.20. The van der Waals surface area contributed by atoms with Crippen molar-refractivity contribution in [2.24, 2.45) is 18.9 Å². The molecule has 0 aliphatic heterocycles. The Bertz CT molecular complexity index is 1280. The second kappa shape index (κ2) is 7.36. The number of imidazole rings is 1. The summed E-state index contributed by atoms with van der Waals surface area (Å²) in [5, 5.41) is 4.95. The molecule has 4 aromatic rings. The van der Waals surface area contributed by atoms with E-state index >= 15 is 0 Å². The maximum atomic E-state index is 12.7. The summed E-state index contributed by atoms with van der Waals surface area (Å²) in [6.45, 7) is 2.41. The van der Waals surface area contributed by atoms with Gasteiger partial charge in [0.05, 0.1) is 6.33 Å². The third-order valence-electron chi connectivity index (χ3n) is 6.01. The van der Waals surface area contributed by atoms with Crippen LogP contribution in [0.15, 0.2) is 46.2 Å². The molecule has 1 aromatic carbocycles. The van der Waals surface area contributed by atoms with E-state index in [4.69, 9.17) is 16.1 Å². The highest BCUT2D eigenvalue weighted by atomic mass is 35.5. The molecule has 1 fully saturated rings. The quantitative estimate of drug-likeness (QED) is 0.472. The van der Waals surface area contributed by atoms with Crippen molar-refractivity contribution in [3.05, 3.63) is 69.6 Å². The molecular weight excluding hydrogens is 404 g/mol. The molecule has 0 amide bonds. The van der Waals surface area contributed by atoms with E-state index in [0.717, 1.165) is 23.7 Å². The first kappa shape index (κ1) is 19.0. The van der Waals surface area contributed by atoms with Crippen molar-refractivity contribution in [2.45, 2.75) is 32.2 Å². The molecule has 3 atom stereocenters. The van der Waals surface area contributed by atoms with Gasteiger partial charge in [0.1, 0.15) is 12.9 Å². The van der Waals surface area contributed by atoms with Crippen LogP contribution >= 0.6 is 11.6 Å². The number of aromatic nitrogens is 6. The number of benzene rings is 1. The van der Waals surface area contributed by atoms with Gasteiger partial charge in [-0.2, -0.15) is 4.98 Å². The number of hydrogen-bond donors (Lipinski definition) is 0. The number of hydrogen-bond acceptors (Lipinski definition) is 6. The molecule has 154 valence electrons. The van der Waals surface area contributed by atoms with Gasteiger partial charge in [-0.3, -0.25) is 9.36 Å². The zero-order valence-corrected chi connectivity index (χ0v) is 17.5. The summed E-state index contributed by atoms with van der Waals surface area (Å²) in [5.41, 5.74) is 1.94. The molecule has 0 saturated heterocycles. The zero-order chi connectivity index (χ0) is 20.8. The van der Waals surface area contributed by atoms with Crippen molar-refractivity contribution in [3.63, 3.8) is 0 Å². The summed E-state index contributed by atoms with van der Waals surface area (Å²) in [4.78, 5) is 25.6. The minimum Gasteiger partial charge on any atom is -0.337 e. The Kier molecular flexibility index (Phi) is 4.66. The second-order valence-corrected chi connectivity index (χ2v) is 8.41. The van der Waals surface area contributed by atoms with E-state index in [9.17, 15) is 4.79 Å². The molecule has 3 aromatic heterocycles. The number of rotatable bonds is 6. The lowest BCUT2D eigenvalue weighted by molar-refractivity contribution is 0.363. The number of nitrogens with zero attached hydrogens (tertiary/aromatic N) is 6. The summed E-state index contributed by atoms with van der Waals surface area (Å²) in [6.07, 6.45) is 5.07. The van der Waals surface area contributed by atoms with Crippen LogP contribution in [-0.2, 0) is 20.0 Å². The molecule has 0 bridgehead atoms. The molecule has 3 unspecified atom stereocenters. The maximum absolute atomic E-state index is 12.7. The van der Waals surface area contributed by atoms with Crippen molar-refractivity contribution in [1.29, 1.82) is 0 Å². The Morgan fingerprint density at radius 1 is 1.23 bits per heavy atom. The molecule has 0 spiro atoms. The highest BCUT2D eigenvalue weighted by Gasteiger charge is 2.49. The van der Waals surface area contributed by atoms with Gasteiger partial charge in [-0.05, 0) is 42.4 Å². The predicted molar refractivity (Wildman–Crippen MR) is 111 cm³/mol. The second-order valence-electron chi connectivity index (χ2n) is 7.97. The molecule has 9 heteroatoms. The zero-order valence-electron chi connectivity index (χ0n) is 16.7. The first-order valence-electron chi connectivity index (χ1n) is 9.94. The average Bonchev–Trinajstić information content (AvgIpc) is 3.05. The number of fused-ring (bicyclic) bond motifs is 1. The Labute approximate surface area is 177 Å². The van der Waals surface area contributed by atoms with E-state index in [1.807, 2.05) is 18.2 Å². The fourth-order valence-corrected chi connectivity index (χ4v) is 4.45. The van der Waals surface area contributed by atoms with Gasteiger partial charge in [0.2, 0.25) is 5.89 Å². The third-order valence-corrected chi connectivity index (χ3v) is 6.24. The monoisotopic (exact) mass is 424 g/mol. The van der Waals surface area contributed by atoms with Gasteiger partial charge in [0.15, 0.2) is 17.0 Å². The Morgan fingerprint density at radius 2 is 2.07 bits per heavy atom. The normalized spacial score (nSPS) is 20.7. The van der Waals surface area contributed by atoms with Crippen molar-refractivity contribution in [1.82, 2.24) is 29.2 Å². The largest absolute Gasteiger partial charge is 0.337 e. The smallest absolute Gasteiger partial charge is 0.280 e. The van der Waals surface area contributed by atoms with Gasteiger partial charge in [-0.25, -0.2) is 9.97 Å². The van der Waals surface area contributed by atoms with Crippen LogP contribution in [0.3, 0.4) is 0 Å².